The molecule has 1 aliphatic heterocycles. The maximum Gasteiger partial charge on any atom is 0.227 e. The molecule has 1 saturated heterocycles. The SMILES string of the molecule is COc1ccccc1C=CC(=O)c1ccc(N2CCCC2=O)cc1. The first kappa shape index (κ1) is 16.0. The lowest BCUT2D eigenvalue weighted by molar-refractivity contribution is -0.117. The number of hydrogen-bond donors (Lipinski definition) is 0. The van der Waals surface area contributed by atoms with Crippen molar-refractivity contribution >= 4 is 23.5 Å². The summed E-state index contributed by atoms with van der Waals surface area (Å²) in [5, 5.41) is 0. The second-order valence-corrected chi connectivity index (χ2v) is 5.64. The fourth-order valence-electron chi connectivity index (χ4n) is 2.79. The lowest BCUT2D eigenvalue weighted by Crippen LogP contribution is -2.23. The van der Waals surface area contributed by atoms with Crippen molar-refractivity contribution in [3.05, 3.63) is 65.7 Å². The van der Waals surface area contributed by atoms with Crippen molar-refractivity contribution in [1.29, 1.82) is 0 Å². The largest absolute Gasteiger partial charge is 0.496 e. The number of methoxy groups -OCH3 is 1. The lowest BCUT2D eigenvalue weighted by Gasteiger charge is -2.15. The number of allylic oxidation sites excluding steroid dienone is 1. The minimum Gasteiger partial charge on any atom is -0.496 e. The highest BCUT2D eigenvalue weighted by Crippen LogP contribution is 2.22. The molecule has 24 heavy (non-hydrogen) atoms. The van der Waals surface area contributed by atoms with E-state index in [1.54, 1.807) is 30.2 Å². The average molecular weight is 321 g/mol. The van der Waals surface area contributed by atoms with Gasteiger partial charge in [0.2, 0.25) is 5.91 Å². The molecule has 0 spiro atoms. The molecule has 3 rings (SSSR count). The van der Waals surface area contributed by atoms with E-state index in [-0.39, 0.29) is 11.7 Å². The number of nitrogens with zero attached hydrogens (tertiary/aromatic N) is 1. The summed E-state index contributed by atoms with van der Waals surface area (Å²) in [5.41, 5.74) is 2.30. The molecule has 0 aliphatic carbocycles. The van der Waals surface area contributed by atoms with Gasteiger partial charge in [-0.1, -0.05) is 18.2 Å². The van der Waals surface area contributed by atoms with Gasteiger partial charge in [-0.3, -0.25) is 9.59 Å². The van der Waals surface area contributed by atoms with Crippen molar-refractivity contribution in [3.8, 4) is 5.75 Å². The molecule has 1 heterocycles. The van der Waals surface area contributed by atoms with Crippen molar-refractivity contribution in [2.24, 2.45) is 0 Å². The van der Waals surface area contributed by atoms with E-state index in [1.165, 1.54) is 6.08 Å². The summed E-state index contributed by atoms with van der Waals surface area (Å²) in [6.45, 7) is 0.750. The van der Waals surface area contributed by atoms with E-state index in [0.717, 1.165) is 30.0 Å². The van der Waals surface area contributed by atoms with Gasteiger partial charge in [-0.15, -0.1) is 0 Å². The van der Waals surface area contributed by atoms with Gasteiger partial charge < -0.3 is 9.64 Å². The minimum atomic E-state index is -0.0831. The van der Waals surface area contributed by atoms with Gasteiger partial charge in [0.05, 0.1) is 7.11 Å². The molecule has 0 atom stereocenters. The maximum atomic E-state index is 12.3. The van der Waals surface area contributed by atoms with E-state index in [9.17, 15) is 9.59 Å². The van der Waals surface area contributed by atoms with E-state index >= 15 is 0 Å². The first-order chi connectivity index (χ1) is 11.7. The van der Waals surface area contributed by atoms with E-state index in [1.807, 2.05) is 36.4 Å². The number of hydrogen-bond acceptors (Lipinski definition) is 3. The number of para-hydroxylation sites is 1. The number of ketones is 1. The van der Waals surface area contributed by atoms with Crippen molar-refractivity contribution in [2.45, 2.75) is 12.8 Å². The van der Waals surface area contributed by atoms with Crippen LogP contribution in [0.3, 0.4) is 0 Å². The molecule has 1 amide bonds. The second-order valence-electron chi connectivity index (χ2n) is 5.64. The Balaban J connectivity index is 1.73. The summed E-state index contributed by atoms with van der Waals surface area (Å²) >= 11 is 0. The summed E-state index contributed by atoms with van der Waals surface area (Å²) in [6, 6.07) is 14.7. The number of carbonyl (C=O) groups excluding carboxylic acids is 2. The summed E-state index contributed by atoms with van der Waals surface area (Å²) in [4.78, 5) is 25.8. The zero-order chi connectivity index (χ0) is 16.9. The van der Waals surface area contributed by atoms with Crippen LogP contribution in [0.5, 0.6) is 5.75 Å². The van der Waals surface area contributed by atoms with Crippen molar-refractivity contribution in [1.82, 2.24) is 0 Å². The van der Waals surface area contributed by atoms with Gasteiger partial charge in [0.25, 0.3) is 0 Å². The summed E-state index contributed by atoms with van der Waals surface area (Å²) in [6.07, 6.45) is 4.77. The Kier molecular flexibility index (Phi) is 4.75. The van der Waals surface area contributed by atoms with E-state index in [0.29, 0.717) is 12.0 Å². The van der Waals surface area contributed by atoms with Crippen molar-refractivity contribution < 1.29 is 14.3 Å². The van der Waals surface area contributed by atoms with Crippen LogP contribution in [-0.2, 0) is 4.79 Å². The molecule has 4 heteroatoms. The normalized spacial score (nSPS) is 14.4. The highest BCUT2D eigenvalue weighted by molar-refractivity contribution is 6.07. The molecule has 4 nitrogen and oxygen atoms in total. The topological polar surface area (TPSA) is 46.6 Å². The van der Waals surface area contributed by atoms with Crippen LogP contribution < -0.4 is 9.64 Å². The molecule has 122 valence electrons. The molecule has 0 aromatic heterocycles. The van der Waals surface area contributed by atoms with Gasteiger partial charge in [0, 0.05) is 29.8 Å². The minimum absolute atomic E-state index is 0.0831. The molecule has 0 bridgehead atoms. The first-order valence-electron chi connectivity index (χ1n) is 7.95. The quantitative estimate of drug-likeness (QED) is 0.623. The number of benzene rings is 2. The van der Waals surface area contributed by atoms with Crippen LogP contribution in [0.25, 0.3) is 6.08 Å². The Labute approximate surface area is 141 Å². The Morgan fingerprint density at radius 1 is 1.12 bits per heavy atom. The number of carbonyl (C=O) groups is 2. The third-order valence-electron chi connectivity index (χ3n) is 4.09. The van der Waals surface area contributed by atoms with E-state index in [4.69, 9.17) is 4.74 Å². The maximum absolute atomic E-state index is 12.3. The van der Waals surface area contributed by atoms with Crippen molar-refractivity contribution in [3.63, 3.8) is 0 Å². The van der Waals surface area contributed by atoms with Crippen LogP contribution in [0.15, 0.2) is 54.6 Å². The third kappa shape index (κ3) is 3.38. The predicted octanol–water partition coefficient (Wildman–Crippen LogP) is 3.72. The van der Waals surface area contributed by atoms with Crippen LogP contribution in [0.1, 0.15) is 28.8 Å². The smallest absolute Gasteiger partial charge is 0.227 e. The molecule has 0 N–H and O–H groups in total. The molecular weight excluding hydrogens is 302 g/mol. The number of anilines is 1. The molecule has 0 saturated carbocycles. The van der Waals surface area contributed by atoms with Crippen molar-refractivity contribution in [2.75, 3.05) is 18.6 Å². The zero-order valence-corrected chi connectivity index (χ0v) is 13.6. The van der Waals surface area contributed by atoms with Gasteiger partial charge in [0.1, 0.15) is 5.75 Å². The number of ether oxygens (including phenoxy) is 1. The fraction of sp³-hybridized carbons (Fsp3) is 0.200. The Morgan fingerprint density at radius 2 is 1.88 bits per heavy atom. The second kappa shape index (κ2) is 7.13. The van der Waals surface area contributed by atoms with E-state index < -0.39 is 0 Å². The standard InChI is InChI=1S/C20H19NO3/c1-24-19-6-3-2-5-16(19)10-13-18(22)15-8-11-17(12-9-15)21-14-4-7-20(21)23/h2-3,5-6,8-13H,4,7,14H2,1H3. The van der Waals surface area contributed by atoms with Crippen LogP contribution in [0, 0.1) is 0 Å². The average Bonchev–Trinajstić information content (AvgIpc) is 3.06. The third-order valence-corrected chi connectivity index (χ3v) is 4.09. The van der Waals surface area contributed by atoms with Gasteiger partial charge in [-0.05, 0) is 48.9 Å². The van der Waals surface area contributed by atoms with Gasteiger partial charge >= 0.3 is 0 Å². The molecule has 2 aromatic rings. The Morgan fingerprint density at radius 3 is 2.54 bits per heavy atom. The van der Waals surface area contributed by atoms with Gasteiger partial charge in [0.15, 0.2) is 5.78 Å². The van der Waals surface area contributed by atoms with Gasteiger partial charge in [-0.25, -0.2) is 0 Å². The number of amides is 1. The van der Waals surface area contributed by atoms with E-state index in [2.05, 4.69) is 0 Å². The summed E-state index contributed by atoms with van der Waals surface area (Å²) < 4.78 is 5.27. The molecule has 1 fully saturated rings. The number of rotatable bonds is 5. The lowest BCUT2D eigenvalue weighted by atomic mass is 10.1. The Hall–Kier alpha value is -2.88. The molecule has 1 aliphatic rings. The molecule has 0 radical (unpaired) electrons. The summed E-state index contributed by atoms with van der Waals surface area (Å²) in [7, 11) is 1.60. The van der Waals surface area contributed by atoms with Crippen LogP contribution in [0.2, 0.25) is 0 Å². The van der Waals surface area contributed by atoms with Crippen LogP contribution in [0.4, 0.5) is 5.69 Å². The van der Waals surface area contributed by atoms with Crippen LogP contribution in [-0.4, -0.2) is 25.3 Å². The molecular formula is C20H19NO3. The Bertz CT molecular complexity index is 778. The predicted molar refractivity (Wildman–Crippen MR) is 94.4 cm³/mol. The summed E-state index contributed by atoms with van der Waals surface area (Å²) in [5.74, 6) is 0.787. The van der Waals surface area contributed by atoms with Crippen LogP contribution >= 0.6 is 0 Å². The fourth-order valence-corrected chi connectivity index (χ4v) is 2.79. The zero-order valence-electron chi connectivity index (χ0n) is 13.6. The monoisotopic (exact) mass is 321 g/mol. The molecule has 2 aromatic carbocycles. The highest BCUT2D eigenvalue weighted by Gasteiger charge is 2.21. The highest BCUT2D eigenvalue weighted by atomic mass is 16.5. The first-order valence-corrected chi connectivity index (χ1v) is 7.95. The molecule has 0 unspecified atom stereocenters. The van der Waals surface area contributed by atoms with Gasteiger partial charge in [-0.2, -0.15) is 0 Å².